The van der Waals surface area contributed by atoms with E-state index in [1.165, 1.54) is 24.8 Å². The van der Waals surface area contributed by atoms with Gasteiger partial charge in [-0.1, -0.05) is 55.7 Å². The van der Waals surface area contributed by atoms with Crippen molar-refractivity contribution in [3.05, 3.63) is 52.8 Å². The third-order valence-electron chi connectivity index (χ3n) is 6.22. The Morgan fingerprint density at radius 2 is 1.96 bits per heavy atom. The zero-order chi connectivity index (χ0) is 17.8. The van der Waals surface area contributed by atoms with Gasteiger partial charge in [-0.2, -0.15) is 0 Å². The highest BCUT2D eigenvalue weighted by atomic mass is 35.5. The van der Waals surface area contributed by atoms with Gasteiger partial charge in [-0.3, -0.25) is 0 Å². The predicted molar refractivity (Wildman–Crippen MR) is 107 cm³/mol. The molecule has 2 aliphatic rings. The number of hydrogen-bond donors (Lipinski definition) is 0. The van der Waals surface area contributed by atoms with E-state index in [1.807, 2.05) is 12.1 Å². The molecule has 0 amide bonds. The molecule has 3 rings (SSSR count). The highest BCUT2D eigenvalue weighted by Gasteiger charge is 2.25. The van der Waals surface area contributed by atoms with E-state index in [4.69, 9.17) is 11.6 Å². The van der Waals surface area contributed by atoms with Crippen molar-refractivity contribution in [1.82, 2.24) is 0 Å². The summed E-state index contributed by atoms with van der Waals surface area (Å²) in [6.45, 7) is 6.14. The van der Waals surface area contributed by atoms with Crippen LogP contribution in [-0.4, -0.2) is 0 Å². The topological polar surface area (TPSA) is 0 Å². The van der Waals surface area contributed by atoms with Crippen LogP contribution in [0.15, 0.2) is 30.9 Å². The van der Waals surface area contributed by atoms with Crippen molar-refractivity contribution in [3.8, 4) is 0 Å². The van der Waals surface area contributed by atoms with Crippen LogP contribution in [-0.2, 0) is 0 Å². The second-order valence-electron chi connectivity index (χ2n) is 7.84. The SMILES string of the molecule is C=CC1CCC(c2ccc(C3=CCC(CCC)CC3)c(Cl)c2F)CC1. The van der Waals surface area contributed by atoms with Gasteiger partial charge in [0.2, 0.25) is 0 Å². The van der Waals surface area contributed by atoms with Gasteiger partial charge >= 0.3 is 0 Å². The fourth-order valence-corrected chi connectivity index (χ4v) is 4.89. The molecule has 1 saturated carbocycles. The van der Waals surface area contributed by atoms with Crippen LogP contribution < -0.4 is 0 Å². The Labute approximate surface area is 157 Å². The number of allylic oxidation sites excluding steroid dienone is 3. The molecule has 0 aliphatic heterocycles. The highest BCUT2D eigenvalue weighted by molar-refractivity contribution is 6.32. The molecule has 2 aliphatic carbocycles. The van der Waals surface area contributed by atoms with E-state index in [9.17, 15) is 4.39 Å². The summed E-state index contributed by atoms with van der Waals surface area (Å²) in [6, 6.07) is 4.06. The molecule has 0 saturated heterocycles. The molecule has 25 heavy (non-hydrogen) atoms. The maximum absolute atomic E-state index is 15.0. The second-order valence-corrected chi connectivity index (χ2v) is 8.21. The number of hydrogen-bond acceptors (Lipinski definition) is 0. The summed E-state index contributed by atoms with van der Waals surface area (Å²) in [7, 11) is 0. The Bertz CT molecular complexity index is 638. The second kappa shape index (κ2) is 8.54. The standard InChI is InChI=1S/C23H30ClF/c1-3-5-17-8-12-18(13-9-17)20-14-15-21(23(25)22(20)24)19-10-6-16(4-2)7-11-19/h4,12,14-17,19H,2-3,5-11,13H2,1H3. The van der Waals surface area contributed by atoms with Crippen molar-refractivity contribution in [2.24, 2.45) is 11.8 Å². The molecule has 0 heterocycles. The third-order valence-corrected chi connectivity index (χ3v) is 6.59. The van der Waals surface area contributed by atoms with Crippen LogP contribution in [0.4, 0.5) is 4.39 Å². The summed E-state index contributed by atoms with van der Waals surface area (Å²) in [4.78, 5) is 0. The minimum Gasteiger partial charge on any atom is -0.205 e. The van der Waals surface area contributed by atoms with Gasteiger partial charge in [0, 0.05) is 0 Å². The molecule has 0 bridgehead atoms. The van der Waals surface area contributed by atoms with Crippen LogP contribution >= 0.6 is 11.6 Å². The number of rotatable bonds is 5. The van der Waals surface area contributed by atoms with Crippen molar-refractivity contribution in [2.45, 2.75) is 70.6 Å². The summed E-state index contributed by atoms with van der Waals surface area (Å²) >= 11 is 6.47. The monoisotopic (exact) mass is 360 g/mol. The zero-order valence-corrected chi connectivity index (χ0v) is 16.1. The molecule has 0 spiro atoms. The van der Waals surface area contributed by atoms with Crippen LogP contribution in [0.25, 0.3) is 5.57 Å². The Morgan fingerprint density at radius 3 is 2.56 bits per heavy atom. The van der Waals surface area contributed by atoms with E-state index in [-0.39, 0.29) is 5.82 Å². The van der Waals surface area contributed by atoms with Crippen molar-refractivity contribution in [2.75, 3.05) is 0 Å². The van der Waals surface area contributed by atoms with E-state index in [0.29, 0.717) is 16.9 Å². The maximum atomic E-state index is 15.0. The van der Waals surface area contributed by atoms with Gasteiger partial charge in [-0.15, -0.1) is 6.58 Å². The normalized spacial score (nSPS) is 27.0. The first kappa shape index (κ1) is 18.7. The molecular weight excluding hydrogens is 331 g/mol. The summed E-state index contributed by atoms with van der Waals surface area (Å²) < 4.78 is 15.0. The highest BCUT2D eigenvalue weighted by Crippen LogP contribution is 2.41. The molecule has 1 unspecified atom stereocenters. The van der Waals surface area contributed by atoms with E-state index in [0.717, 1.165) is 55.6 Å². The zero-order valence-electron chi connectivity index (χ0n) is 15.4. The van der Waals surface area contributed by atoms with E-state index >= 15 is 0 Å². The fourth-order valence-electron chi connectivity index (χ4n) is 4.60. The molecule has 1 aromatic carbocycles. The lowest BCUT2D eigenvalue weighted by Gasteiger charge is -2.28. The molecule has 0 aromatic heterocycles. The van der Waals surface area contributed by atoms with E-state index in [2.05, 4.69) is 25.6 Å². The molecule has 2 heteroatoms. The first-order valence-electron chi connectivity index (χ1n) is 9.93. The van der Waals surface area contributed by atoms with Crippen LogP contribution in [0.1, 0.15) is 81.8 Å². The lowest BCUT2D eigenvalue weighted by Crippen LogP contribution is -2.13. The van der Waals surface area contributed by atoms with E-state index < -0.39 is 0 Å². The first-order chi connectivity index (χ1) is 12.1. The minimum atomic E-state index is -0.183. The van der Waals surface area contributed by atoms with Crippen molar-refractivity contribution < 1.29 is 4.39 Å². The van der Waals surface area contributed by atoms with Gasteiger partial charge in [0.05, 0.1) is 5.02 Å². The quantitative estimate of drug-likeness (QED) is 0.467. The van der Waals surface area contributed by atoms with Crippen LogP contribution in [0.5, 0.6) is 0 Å². The molecule has 0 nitrogen and oxygen atoms in total. The van der Waals surface area contributed by atoms with Gasteiger partial charge in [-0.25, -0.2) is 4.39 Å². The van der Waals surface area contributed by atoms with Crippen molar-refractivity contribution >= 4 is 17.2 Å². The fraction of sp³-hybridized carbons (Fsp3) is 0.565. The molecular formula is C23H30ClF. The van der Waals surface area contributed by atoms with Gasteiger partial charge in [0.15, 0.2) is 0 Å². The first-order valence-corrected chi connectivity index (χ1v) is 10.3. The third kappa shape index (κ3) is 4.19. The van der Waals surface area contributed by atoms with Gasteiger partial charge < -0.3 is 0 Å². The molecule has 1 aromatic rings. The number of halogens is 2. The maximum Gasteiger partial charge on any atom is 0.145 e. The molecule has 1 atom stereocenters. The van der Waals surface area contributed by atoms with Crippen LogP contribution in [0, 0.1) is 17.7 Å². The average molecular weight is 361 g/mol. The molecule has 136 valence electrons. The van der Waals surface area contributed by atoms with Gasteiger partial charge in [0.25, 0.3) is 0 Å². The van der Waals surface area contributed by atoms with Crippen molar-refractivity contribution in [1.29, 1.82) is 0 Å². The van der Waals surface area contributed by atoms with E-state index in [1.54, 1.807) is 0 Å². The summed E-state index contributed by atoms with van der Waals surface area (Å²) in [5.41, 5.74) is 2.97. The predicted octanol–water partition coefficient (Wildman–Crippen LogP) is 7.92. The largest absolute Gasteiger partial charge is 0.205 e. The summed E-state index contributed by atoms with van der Waals surface area (Å²) in [6.07, 6.45) is 14.5. The Balaban J connectivity index is 1.76. The molecule has 0 N–H and O–H groups in total. The minimum absolute atomic E-state index is 0.183. The van der Waals surface area contributed by atoms with Gasteiger partial charge in [0.1, 0.15) is 5.82 Å². The number of benzene rings is 1. The van der Waals surface area contributed by atoms with Crippen LogP contribution in [0.2, 0.25) is 5.02 Å². The smallest absolute Gasteiger partial charge is 0.145 e. The van der Waals surface area contributed by atoms with Crippen LogP contribution in [0.3, 0.4) is 0 Å². The van der Waals surface area contributed by atoms with Gasteiger partial charge in [-0.05, 0) is 79.4 Å². The summed E-state index contributed by atoms with van der Waals surface area (Å²) in [5.74, 6) is 1.50. The lowest BCUT2D eigenvalue weighted by molar-refractivity contribution is 0.369. The Morgan fingerprint density at radius 1 is 1.20 bits per heavy atom. The molecule has 0 radical (unpaired) electrons. The van der Waals surface area contributed by atoms with Crippen molar-refractivity contribution in [3.63, 3.8) is 0 Å². The molecule has 1 fully saturated rings. The summed E-state index contributed by atoms with van der Waals surface area (Å²) in [5, 5.41) is 0.337. The lowest BCUT2D eigenvalue weighted by atomic mass is 9.78. The Kier molecular flexibility index (Phi) is 6.39. The average Bonchev–Trinajstić information content (AvgIpc) is 2.65. The Hall–Kier alpha value is -1.08.